The highest BCUT2D eigenvalue weighted by atomic mass is 35.5. The van der Waals surface area contributed by atoms with Gasteiger partial charge in [-0.15, -0.1) is 12.4 Å². The molecule has 2 aromatic heterocycles. The molecule has 4 heteroatoms. The molecule has 0 radical (unpaired) electrons. The maximum atomic E-state index is 6.30. The maximum Gasteiger partial charge on any atom is 0.133 e. The molecule has 0 amide bonds. The van der Waals surface area contributed by atoms with E-state index >= 15 is 0 Å². The number of imidazole rings is 1. The minimum atomic E-state index is -0.180. The lowest BCUT2D eigenvalue weighted by Crippen LogP contribution is -2.44. The molecule has 0 unspecified atom stereocenters. The number of hydrogen-bond donors (Lipinski definition) is 1. The van der Waals surface area contributed by atoms with Crippen LogP contribution in [-0.4, -0.2) is 9.38 Å². The van der Waals surface area contributed by atoms with Crippen molar-refractivity contribution in [3.8, 4) is 0 Å². The first-order chi connectivity index (χ1) is 7.21. The molecule has 1 fully saturated rings. The van der Waals surface area contributed by atoms with Crippen molar-refractivity contribution in [2.75, 3.05) is 0 Å². The van der Waals surface area contributed by atoms with Crippen LogP contribution in [0.3, 0.4) is 0 Å². The SMILES string of the molecule is Cc1cccn2c(C3(N)CCC3)ncc12.Cl. The van der Waals surface area contributed by atoms with Gasteiger partial charge in [0.15, 0.2) is 0 Å². The Hall–Kier alpha value is -1.06. The number of pyridine rings is 1. The summed E-state index contributed by atoms with van der Waals surface area (Å²) < 4.78 is 2.13. The predicted molar refractivity (Wildman–Crippen MR) is 66.9 cm³/mol. The molecule has 2 heterocycles. The van der Waals surface area contributed by atoms with Gasteiger partial charge in [-0.3, -0.25) is 0 Å². The first-order valence-electron chi connectivity index (χ1n) is 5.43. The second-order valence-corrected chi connectivity index (χ2v) is 4.54. The van der Waals surface area contributed by atoms with Gasteiger partial charge in [-0.25, -0.2) is 4.98 Å². The molecule has 0 atom stereocenters. The van der Waals surface area contributed by atoms with Crippen LogP contribution in [0.1, 0.15) is 30.7 Å². The summed E-state index contributed by atoms with van der Waals surface area (Å²) in [5.41, 5.74) is 8.54. The number of rotatable bonds is 1. The van der Waals surface area contributed by atoms with Crippen LogP contribution in [0.2, 0.25) is 0 Å². The minimum Gasteiger partial charge on any atom is -0.319 e. The molecule has 0 saturated heterocycles. The third-order valence-corrected chi connectivity index (χ3v) is 3.47. The van der Waals surface area contributed by atoms with E-state index in [0.717, 1.165) is 18.7 Å². The monoisotopic (exact) mass is 237 g/mol. The molecule has 1 aliphatic carbocycles. The quantitative estimate of drug-likeness (QED) is 0.828. The number of fused-ring (bicyclic) bond motifs is 1. The van der Waals surface area contributed by atoms with Gasteiger partial charge >= 0.3 is 0 Å². The van der Waals surface area contributed by atoms with Crippen molar-refractivity contribution >= 4 is 17.9 Å². The van der Waals surface area contributed by atoms with Crippen LogP contribution in [0, 0.1) is 6.92 Å². The van der Waals surface area contributed by atoms with E-state index < -0.39 is 0 Å². The van der Waals surface area contributed by atoms with Crippen molar-refractivity contribution in [2.24, 2.45) is 5.73 Å². The van der Waals surface area contributed by atoms with Crippen LogP contribution in [-0.2, 0) is 5.54 Å². The fourth-order valence-corrected chi connectivity index (χ4v) is 2.31. The molecular formula is C12H16ClN3. The van der Waals surface area contributed by atoms with Gasteiger partial charge in [0.2, 0.25) is 0 Å². The summed E-state index contributed by atoms with van der Waals surface area (Å²) in [5.74, 6) is 1.02. The summed E-state index contributed by atoms with van der Waals surface area (Å²) in [6, 6.07) is 4.15. The largest absolute Gasteiger partial charge is 0.319 e. The summed E-state index contributed by atoms with van der Waals surface area (Å²) in [6.07, 6.45) is 7.31. The van der Waals surface area contributed by atoms with E-state index in [1.807, 2.05) is 6.20 Å². The normalized spacial score (nSPS) is 17.9. The van der Waals surface area contributed by atoms with Crippen LogP contribution in [0.15, 0.2) is 24.5 Å². The van der Waals surface area contributed by atoms with Crippen molar-refractivity contribution in [2.45, 2.75) is 31.7 Å². The zero-order valence-corrected chi connectivity index (χ0v) is 10.1. The average Bonchev–Trinajstić information content (AvgIpc) is 2.60. The van der Waals surface area contributed by atoms with E-state index in [9.17, 15) is 0 Å². The van der Waals surface area contributed by atoms with Crippen molar-refractivity contribution in [1.82, 2.24) is 9.38 Å². The van der Waals surface area contributed by atoms with Gasteiger partial charge in [0.1, 0.15) is 5.82 Å². The van der Waals surface area contributed by atoms with Crippen LogP contribution in [0.5, 0.6) is 0 Å². The molecule has 86 valence electrons. The highest BCUT2D eigenvalue weighted by Crippen LogP contribution is 2.38. The molecule has 1 aliphatic rings. The fraction of sp³-hybridized carbons (Fsp3) is 0.417. The Morgan fingerprint density at radius 3 is 2.81 bits per heavy atom. The molecule has 0 spiro atoms. The number of halogens is 1. The van der Waals surface area contributed by atoms with Gasteiger partial charge in [0.05, 0.1) is 17.3 Å². The lowest BCUT2D eigenvalue weighted by Gasteiger charge is -2.36. The average molecular weight is 238 g/mol. The second kappa shape index (κ2) is 3.75. The van der Waals surface area contributed by atoms with Gasteiger partial charge in [0, 0.05) is 6.20 Å². The van der Waals surface area contributed by atoms with Gasteiger partial charge in [-0.05, 0) is 37.8 Å². The first kappa shape index (κ1) is 11.4. The Bertz CT molecular complexity index is 514. The highest BCUT2D eigenvalue weighted by Gasteiger charge is 2.37. The molecule has 1 saturated carbocycles. The third kappa shape index (κ3) is 1.43. The summed E-state index contributed by atoms with van der Waals surface area (Å²) >= 11 is 0. The summed E-state index contributed by atoms with van der Waals surface area (Å²) in [6.45, 7) is 2.10. The van der Waals surface area contributed by atoms with E-state index in [-0.39, 0.29) is 17.9 Å². The van der Waals surface area contributed by atoms with E-state index in [1.165, 1.54) is 17.5 Å². The standard InChI is InChI=1S/C12H15N3.ClH/c1-9-4-2-7-15-10(9)8-14-11(15)12(13)5-3-6-12;/h2,4,7-8H,3,5-6,13H2,1H3;1H. The Balaban J connectivity index is 0.000000963. The van der Waals surface area contributed by atoms with Crippen LogP contribution < -0.4 is 5.73 Å². The fourth-order valence-electron chi connectivity index (χ4n) is 2.31. The summed E-state index contributed by atoms with van der Waals surface area (Å²) in [4.78, 5) is 4.49. The Morgan fingerprint density at radius 1 is 1.44 bits per heavy atom. The van der Waals surface area contributed by atoms with E-state index in [0.29, 0.717) is 0 Å². The Labute approximate surface area is 101 Å². The third-order valence-electron chi connectivity index (χ3n) is 3.47. The number of nitrogens with two attached hydrogens (primary N) is 1. The Kier molecular flexibility index (Phi) is 2.68. The van der Waals surface area contributed by atoms with Crippen molar-refractivity contribution < 1.29 is 0 Å². The molecule has 3 nitrogen and oxygen atoms in total. The Morgan fingerprint density at radius 2 is 2.19 bits per heavy atom. The molecular weight excluding hydrogens is 222 g/mol. The first-order valence-corrected chi connectivity index (χ1v) is 5.43. The summed E-state index contributed by atoms with van der Waals surface area (Å²) in [7, 11) is 0. The topological polar surface area (TPSA) is 43.3 Å². The van der Waals surface area contributed by atoms with Crippen LogP contribution in [0.25, 0.3) is 5.52 Å². The van der Waals surface area contributed by atoms with Gasteiger partial charge < -0.3 is 10.1 Å². The number of nitrogens with zero attached hydrogens (tertiary/aromatic N) is 2. The van der Waals surface area contributed by atoms with E-state index in [2.05, 4.69) is 34.6 Å². The lowest BCUT2D eigenvalue weighted by molar-refractivity contribution is 0.237. The molecule has 0 bridgehead atoms. The zero-order valence-electron chi connectivity index (χ0n) is 9.31. The second-order valence-electron chi connectivity index (χ2n) is 4.54. The van der Waals surface area contributed by atoms with Gasteiger partial charge in [0.25, 0.3) is 0 Å². The van der Waals surface area contributed by atoms with Crippen molar-refractivity contribution in [3.63, 3.8) is 0 Å². The molecule has 0 aromatic carbocycles. The number of hydrogen-bond acceptors (Lipinski definition) is 2. The smallest absolute Gasteiger partial charge is 0.133 e. The molecule has 3 rings (SSSR count). The number of aromatic nitrogens is 2. The molecule has 2 aromatic rings. The zero-order chi connectivity index (χ0) is 10.5. The number of aryl methyl sites for hydroxylation is 1. The van der Waals surface area contributed by atoms with Crippen LogP contribution >= 0.6 is 12.4 Å². The molecule has 2 N–H and O–H groups in total. The summed E-state index contributed by atoms with van der Waals surface area (Å²) in [5, 5.41) is 0. The van der Waals surface area contributed by atoms with E-state index in [4.69, 9.17) is 5.73 Å². The maximum absolute atomic E-state index is 6.30. The van der Waals surface area contributed by atoms with Gasteiger partial charge in [-0.2, -0.15) is 0 Å². The molecule has 16 heavy (non-hydrogen) atoms. The molecule has 0 aliphatic heterocycles. The van der Waals surface area contributed by atoms with Crippen LogP contribution in [0.4, 0.5) is 0 Å². The van der Waals surface area contributed by atoms with Crippen molar-refractivity contribution in [3.05, 3.63) is 35.9 Å². The minimum absolute atomic E-state index is 0. The highest BCUT2D eigenvalue weighted by molar-refractivity contribution is 5.85. The van der Waals surface area contributed by atoms with Gasteiger partial charge in [-0.1, -0.05) is 6.07 Å². The van der Waals surface area contributed by atoms with Crippen molar-refractivity contribution in [1.29, 1.82) is 0 Å². The predicted octanol–water partition coefficient (Wildman–Crippen LogP) is 2.40. The van der Waals surface area contributed by atoms with E-state index in [1.54, 1.807) is 0 Å². The lowest BCUT2D eigenvalue weighted by atomic mass is 9.77.